The van der Waals surface area contributed by atoms with E-state index in [1.165, 1.54) is 0 Å². The molecule has 0 radical (unpaired) electrons. The number of ether oxygens (including phenoxy) is 1. The highest BCUT2D eigenvalue weighted by molar-refractivity contribution is 5.90. The summed E-state index contributed by atoms with van der Waals surface area (Å²) >= 11 is 0. The second kappa shape index (κ2) is 6.30. The van der Waals surface area contributed by atoms with Gasteiger partial charge >= 0.3 is 0 Å². The lowest BCUT2D eigenvalue weighted by molar-refractivity contribution is 0.0904. The van der Waals surface area contributed by atoms with Crippen LogP contribution in [0.3, 0.4) is 0 Å². The average Bonchev–Trinajstić information content (AvgIpc) is 2.63. The van der Waals surface area contributed by atoms with E-state index in [0.717, 1.165) is 48.3 Å². The van der Waals surface area contributed by atoms with Gasteiger partial charge in [-0.25, -0.2) is 9.97 Å². The number of aromatic nitrogens is 3. The Bertz CT molecular complexity index is 800. The van der Waals surface area contributed by atoms with Crippen LogP contribution in [-0.2, 0) is 4.74 Å². The van der Waals surface area contributed by atoms with E-state index in [1.54, 1.807) is 12.4 Å². The van der Waals surface area contributed by atoms with Gasteiger partial charge in [0.05, 0.1) is 5.52 Å². The topological polar surface area (TPSA) is 59.9 Å². The molecule has 5 heteroatoms. The highest BCUT2D eigenvalue weighted by atomic mass is 16.5. The Hall–Kier alpha value is -2.53. The number of nitrogens with one attached hydrogen (secondary N) is 1. The standard InChI is InChI=1S/C18H18N4O/c1-2-6-16-15(5-1)18(20-14-7-10-23-11-8-14)22-17(21-16)13-4-3-9-19-12-13/h1-6,9,12,14H,7-8,10-11H2,(H,20,21,22). The molecule has 4 rings (SSSR count). The molecule has 0 atom stereocenters. The molecule has 1 aliphatic heterocycles. The highest BCUT2D eigenvalue weighted by Crippen LogP contribution is 2.26. The molecule has 0 aliphatic carbocycles. The number of pyridine rings is 1. The fourth-order valence-electron chi connectivity index (χ4n) is 2.85. The van der Waals surface area contributed by atoms with Crippen molar-refractivity contribution in [1.29, 1.82) is 0 Å². The minimum Gasteiger partial charge on any atom is -0.381 e. The summed E-state index contributed by atoms with van der Waals surface area (Å²) in [6.07, 6.45) is 5.55. The summed E-state index contributed by atoms with van der Waals surface area (Å²) in [4.78, 5) is 13.6. The smallest absolute Gasteiger partial charge is 0.163 e. The van der Waals surface area contributed by atoms with Gasteiger partial charge in [-0.05, 0) is 37.1 Å². The quantitative estimate of drug-likeness (QED) is 0.804. The summed E-state index contributed by atoms with van der Waals surface area (Å²) in [6.45, 7) is 1.60. The zero-order valence-corrected chi connectivity index (χ0v) is 12.8. The molecule has 3 aromatic rings. The number of hydrogen-bond donors (Lipinski definition) is 1. The van der Waals surface area contributed by atoms with Gasteiger partial charge < -0.3 is 10.1 Å². The molecule has 0 unspecified atom stereocenters. The monoisotopic (exact) mass is 306 g/mol. The molecule has 1 saturated heterocycles. The van der Waals surface area contributed by atoms with Gasteiger partial charge in [-0.15, -0.1) is 0 Å². The Morgan fingerprint density at radius 1 is 1.00 bits per heavy atom. The first-order valence-electron chi connectivity index (χ1n) is 7.91. The average molecular weight is 306 g/mol. The van der Waals surface area contributed by atoms with E-state index in [4.69, 9.17) is 9.72 Å². The van der Waals surface area contributed by atoms with E-state index in [-0.39, 0.29) is 0 Å². The van der Waals surface area contributed by atoms with Gasteiger partial charge in [-0.1, -0.05) is 12.1 Å². The SMILES string of the molecule is c1cncc(-c2nc(NC3CCOCC3)c3ccccc3n2)c1. The Morgan fingerprint density at radius 2 is 1.87 bits per heavy atom. The van der Waals surface area contributed by atoms with E-state index in [9.17, 15) is 0 Å². The van der Waals surface area contributed by atoms with Gasteiger partial charge in [0.25, 0.3) is 0 Å². The van der Waals surface area contributed by atoms with E-state index < -0.39 is 0 Å². The maximum absolute atomic E-state index is 5.44. The summed E-state index contributed by atoms with van der Waals surface area (Å²) in [5.74, 6) is 1.59. The molecule has 1 aliphatic rings. The summed E-state index contributed by atoms with van der Waals surface area (Å²) in [6, 6.07) is 12.4. The number of hydrogen-bond acceptors (Lipinski definition) is 5. The zero-order valence-electron chi connectivity index (χ0n) is 12.8. The number of para-hydroxylation sites is 1. The van der Waals surface area contributed by atoms with Crippen molar-refractivity contribution < 1.29 is 4.74 Å². The van der Waals surface area contributed by atoms with Crippen LogP contribution in [0, 0.1) is 0 Å². The molecule has 1 aromatic carbocycles. The van der Waals surface area contributed by atoms with E-state index in [0.29, 0.717) is 11.9 Å². The van der Waals surface area contributed by atoms with Crippen LogP contribution in [0.1, 0.15) is 12.8 Å². The van der Waals surface area contributed by atoms with Crippen molar-refractivity contribution in [3.8, 4) is 11.4 Å². The molecule has 1 N–H and O–H groups in total. The zero-order chi connectivity index (χ0) is 15.5. The van der Waals surface area contributed by atoms with Gasteiger partial charge in [-0.3, -0.25) is 4.98 Å². The van der Waals surface area contributed by atoms with Crippen LogP contribution >= 0.6 is 0 Å². The first-order valence-corrected chi connectivity index (χ1v) is 7.91. The molecule has 23 heavy (non-hydrogen) atoms. The summed E-state index contributed by atoms with van der Waals surface area (Å²) < 4.78 is 5.44. The minimum absolute atomic E-state index is 0.392. The van der Waals surface area contributed by atoms with Crippen molar-refractivity contribution in [1.82, 2.24) is 15.0 Å². The van der Waals surface area contributed by atoms with Crippen molar-refractivity contribution in [3.63, 3.8) is 0 Å². The Morgan fingerprint density at radius 3 is 2.70 bits per heavy atom. The van der Waals surface area contributed by atoms with E-state index in [1.807, 2.05) is 30.3 Å². The third-order valence-electron chi connectivity index (χ3n) is 4.09. The van der Waals surface area contributed by atoms with E-state index >= 15 is 0 Å². The lowest BCUT2D eigenvalue weighted by Gasteiger charge is -2.24. The van der Waals surface area contributed by atoms with Gasteiger partial charge in [0.1, 0.15) is 5.82 Å². The predicted molar refractivity (Wildman–Crippen MR) is 90.2 cm³/mol. The summed E-state index contributed by atoms with van der Waals surface area (Å²) in [7, 11) is 0. The number of fused-ring (bicyclic) bond motifs is 1. The lowest BCUT2D eigenvalue weighted by atomic mass is 10.1. The fourth-order valence-corrected chi connectivity index (χ4v) is 2.85. The maximum Gasteiger partial charge on any atom is 0.163 e. The summed E-state index contributed by atoms with van der Waals surface area (Å²) in [5.41, 5.74) is 1.86. The molecule has 3 heterocycles. The molecule has 0 saturated carbocycles. The van der Waals surface area contributed by atoms with Crippen molar-refractivity contribution in [2.45, 2.75) is 18.9 Å². The van der Waals surface area contributed by atoms with Crippen LogP contribution < -0.4 is 5.32 Å². The van der Waals surface area contributed by atoms with Crippen molar-refractivity contribution in [3.05, 3.63) is 48.8 Å². The van der Waals surface area contributed by atoms with Gasteiger partial charge in [0, 0.05) is 42.6 Å². The Labute approximate surface area is 134 Å². The molecular weight excluding hydrogens is 288 g/mol. The highest BCUT2D eigenvalue weighted by Gasteiger charge is 2.16. The molecule has 0 spiro atoms. The van der Waals surface area contributed by atoms with Crippen LogP contribution in [0.25, 0.3) is 22.3 Å². The van der Waals surface area contributed by atoms with Crippen molar-refractivity contribution in [2.24, 2.45) is 0 Å². The van der Waals surface area contributed by atoms with Crippen LogP contribution in [0.15, 0.2) is 48.8 Å². The van der Waals surface area contributed by atoms with Gasteiger partial charge in [0.2, 0.25) is 0 Å². The number of nitrogens with zero attached hydrogens (tertiary/aromatic N) is 3. The second-order valence-electron chi connectivity index (χ2n) is 5.69. The van der Waals surface area contributed by atoms with Crippen LogP contribution in [0.4, 0.5) is 5.82 Å². The maximum atomic E-state index is 5.44. The Balaban J connectivity index is 1.77. The molecule has 1 fully saturated rings. The number of anilines is 1. The van der Waals surface area contributed by atoms with Gasteiger partial charge in [-0.2, -0.15) is 0 Å². The van der Waals surface area contributed by atoms with Crippen molar-refractivity contribution >= 4 is 16.7 Å². The predicted octanol–water partition coefficient (Wildman–Crippen LogP) is 3.28. The van der Waals surface area contributed by atoms with Crippen LogP contribution in [0.2, 0.25) is 0 Å². The first kappa shape index (κ1) is 14.1. The normalized spacial score (nSPS) is 15.7. The van der Waals surface area contributed by atoms with Crippen LogP contribution in [-0.4, -0.2) is 34.2 Å². The minimum atomic E-state index is 0.392. The largest absolute Gasteiger partial charge is 0.381 e. The second-order valence-corrected chi connectivity index (χ2v) is 5.69. The Kier molecular flexibility index (Phi) is 3.86. The molecule has 5 nitrogen and oxygen atoms in total. The first-order chi connectivity index (χ1) is 11.4. The third-order valence-corrected chi connectivity index (χ3v) is 4.09. The van der Waals surface area contributed by atoms with Crippen molar-refractivity contribution in [2.75, 3.05) is 18.5 Å². The number of rotatable bonds is 3. The fraction of sp³-hybridized carbons (Fsp3) is 0.278. The molecule has 0 amide bonds. The van der Waals surface area contributed by atoms with E-state index in [2.05, 4.69) is 21.4 Å². The third kappa shape index (κ3) is 3.00. The molecule has 0 bridgehead atoms. The van der Waals surface area contributed by atoms with Crippen LogP contribution in [0.5, 0.6) is 0 Å². The molecule has 2 aromatic heterocycles. The molecule has 116 valence electrons. The summed E-state index contributed by atoms with van der Waals surface area (Å²) in [5, 5.41) is 4.63. The number of benzene rings is 1. The van der Waals surface area contributed by atoms with Gasteiger partial charge in [0.15, 0.2) is 5.82 Å². The molecular formula is C18H18N4O. The lowest BCUT2D eigenvalue weighted by Crippen LogP contribution is -2.28.